The predicted octanol–water partition coefficient (Wildman–Crippen LogP) is 3.33. The summed E-state index contributed by atoms with van der Waals surface area (Å²) in [5.74, 6) is 0.308. The van der Waals surface area contributed by atoms with Crippen LogP contribution >= 0.6 is 11.6 Å². The van der Waals surface area contributed by atoms with Gasteiger partial charge >= 0.3 is 6.03 Å². The molecule has 1 aliphatic heterocycles. The van der Waals surface area contributed by atoms with Gasteiger partial charge in [-0.2, -0.15) is 0 Å². The van der Waals surface area contributed by atoms with Crippen LogP contribution in [0.1, 0.15) is 5.56 Å². The monoisotopic (exact) mass is 345 g/mol. The lowest BCUT2D eigenvalue weighted by Gasteiger charge is -2.26. The van der Waals surface area contributed by atoms with Crippen molar-refractivity contribution < 1.29 is 14.3 Å². The first-order chi connectivity index (χ1) is 11.5. The average molecular weight is 346 g/mol. The minimum Gasteiger partial charge on any atom is -0.484 e. The molecule has 0 spiro atoms. The number of ether oxygens (including phenoxy) is 1. The first kappa shape index (κ1) is 16.1. The van der Waals surface area contributed by atoms with E-state index in [4.69, 9.17) is 16.3 Å². The van der Waals surface area contributed by atoms with Crippen LogP contribution in [0.3, 0.4) is 0 Å². The summed E-state index contributed by atoms with van der Waals surface area (Å²) in [4.78, 5) is 25.1. The molecule has 2 N–H and O–H groups in total. The zero-order valence-corrected chi connectivity index (χ0v) is 13.8. The number of benzene rings is 2. The Balaban J connectivity index is 1.59. The molecule has 0 radical (unpaired) electrons. The number of fused-ring (bicyclic) bond motifs is 1. The van der Waals surface area contributed by atoms with Crippen LogP contribution in [0.2, 0.25) is 5.02 Å². The van der Waals surface area contributed by atoms with Crippen LogP contribution in [0, 0.1) is 0 Å². The van der Waals surface area contributed by atoms with E-state index in [0.29, 0.717) is 23.0 Å². The average Bonchev–Trinajstić information content (AvgIpc) is 2.56. The normalized spacial score (nSPS) is 13.1. The maximum Gasteiger partial charge on any atom is 0.321 e. The molecule has 0 unspecified atom stereocenters. The van der Waals surface area contributed by atoms with E-state index in [9.17, 15) is 9.59 Å². The number of carbonyl (C=O) groups excluding carboxylic acids is 2. The second-order valence-corrected chi connectivity index (χ2v) is 5.89. The first-order valence-corrected chi connectivity index (χ1v) is 7.72. The first-order valence-electron chi connectivity index (χ1n) is 7.34. The van der Waals surface area contributed by atoms with Crippen LogP contribution in [0.25, 0.3) is 0 Å². The molecule has 3 rings (SSSR count). The Morgan fingerprint density at radius 3 is 2.79 bits per heavy atom. The van der Waals surface area contributed by atoms with Crippen LogP contribution in [0.15, 0.2) is 42.5 Å². The third kappa shape index (κ3) is 3.78. The van der Waals surface area contributed by atoms with Crippen molar-refractivity contribution in [2.24, 2.45) is 0 Å². The molecular formula is C17H16ClN3O3. The maximum atomic E-state index is 12.0. The fraction of sp³-hybridized carbons (Fsp3) is 0.176. The lowest BCUT2D eigenvalue weighted by Crippen LogP contribution is -2.35. The second-order valence-electron chi connectivity index (χ2n) is 5.45. The molecule has 2 aromatic carbocycles. The molecular weight excluding hydrogens is 330 g/mol. The predicted molar refractivity (Wildman–Crippen MR) is 92.5 cm³/mol. The minimum atomic E-state index is -0.266. The Morgan fingerprint density at radius 1 is 1.29 bits per heavy atom. The van der Waals surface area contributed by atoms with Gasteiger partial charge in [-0.1, -0.05) is 11.6 Å². The van der Waals surface area contributed by atoms with Crippen molar-refractivity contribution in [3.63, 3.8) is 0 Å². The standard InChI is InChI=1S/C17H16ClN3O3/c1-21-9-11-8-13(4-7-15(11)20-17(21)23)19-16(22)10-24-14-5-2-12(18)3-6-14/h2-8H,9-10H2,1H3,(H,19,22)(H,20,23). The largest absolute Gasteiger partial charge is 0.484 e. The van der Waals surface area contributed by atoms with E-state index in [1.54, 1.807) is 48.3 Å². The number of hydrogen-bond donors (Lipinski definition) is 2. The highest BCUT2D eigenvalue weighted by Gasteiger charge is 2.19. The summed E-state index contributed by atoms with van der Waals surface area (Å²) >= 11 is 5.79. The van der Waals surface area contributed by atoms with Crippen molar-refractivity contribution in [3.05, 3.63) is 53.1 Å². The third-order valence-electron chi connectivity index (χ3n) is 3.57. The van der Waals surface area contributed by atoms with Gasteiger partial charge in [-0.05, 0) is 48.0 Å². The van der Waals surface area contributed by atoms with Crippen LogP contribution < -0.4 is 15.4 Å². The summed E-state index contributed by atoms with van der Waals surface area (Å²) in [7, 11) is 1.71. The highest BCUT2D eigenvalue weighted by atomic mass is 35.5. The van der Waals surface area contributed by atoms with Gasteiger partial charge in [0.1, 0.15) is 5.75 Å². The molecule has 0 aliphatic carbocycles. The van der Waals surface area contributed by atoms with E-state index < -0.39 is 0 Å². The molecule has 3 amide bonds. The van der Waals surface area contributed by atoms with E-state index in [2.05, 4.69) is 10.6 Å². The highest BCUT2D eigenvalue weighted by Crippen LogP contribution is 2.25. The lowest BCUT2D eigenvalue weighted by molar-refractivity contribution is -0.118. The molecule has 0 aromatic heterocycles. The lowest BCUT2D eigenvalue weighted by atomic mass is 10.1. The SMILES string of the molecule is CN1Cc2cc(NC(=O)COc3ccc(Cl)cc3)ccc2NC1=O. The number of anilines is 2. The Kier molecular flexibility index (Phi) is 4.57. The van der Waals surface area contributed by atoms with Gasteiger partial charge in [0.05, 0.1) is 0 Å². The smallest absolute Gasteiger partial charge is 0.321 e. The number of nitrogens with one attached hydrogen (secondary N) is 2. The summed E-state index contributed by atoms with van der Waals surface area (Å²) < 4.78 is 5.40. The van der Waals surface area contributed by atoms with Crippen LogP contribution in [0.5, 0.6) is 5.75 Å². The molecule has 6 nitrogen and oxygen atoms in total. The molecule has 1 aliphatic rings. The van der Waals surface area contributed by atoms with Crippen molar-refractivity contribution in [1.29, 1.82) is 0 Å². The Bertz CT molecular complexity index is 777. The van der Waals surface area contributed by atoms with Crippen molar-refractivity contribution in [3.8, 4) is 5.75 Å². The Labute approximate surface area is 144 Å². The number of rotatable bonds is 4. The second kappa shape index (κ2) is 6.80. The van der Waals surface area contributed by atoms with E-state index in [1.165, 1.54) is 0 Å². The number of hydrogen-bond acceptors (Lipinski definition) is 3. The minimum absolute atomic E-state index is 0.102. The summed E-state index contributed by atoms with van der Waals surface area (Å²) in [5.41, 5.74) is 2.35. The van der Waals surface area contributed by atoms with Gasteiger partial charge < -0.3 is 20.3 Å². The number of amides is 3. The highest BCUT2D eigenvalue weighted by molar-refractivity contribution is 6.30. The van der Waals surface area contributed by atoms with Crippen LogP contribution in [-0.2, 0) is 11.3 Å². The van der Waals surface area contributed by atoms with Gasteiger partial charge in [0.25, 0.3) is 5.91 Å². The molecule has 0 bridgehead atoms. The zero-order valence-electron chi connectivity index (χ0n) is 13.0. The molecule has 7 heteroatoms. The van der Waals surface area contributed by atoms with Gasteiger partial charge in [0, 0.05) is 30.0 Å². The summed E-state index contributed by atoms with van der Waals surface area (Å²) in [5, 5.41) is 6.17. The van der Waals surface area contributed by atoms with Crippen molar-refractivity contribution in [1.82, 2.24) is 4.90 Å². The van der Waals surface area contributed by atoms with Crippen molar-refractivity contribution in [2.75, 3.05) is 24.3 Å². The van der Waals surface area contributed by atoms with Crippen molar-refractivity contribution >= 4 is 34.9 Å². The van der Waals surface area contributed by atoms with E-state index >= 15 is 0 Å². The number of halogens is 1. The Morgan fingerprint density at radius 2 is 2.04 bits per heavy atom. The molecule has 0 saturated carbocycles. The summed E-state index contributed by atoms with van der Waals surface area (Å²) in [6.07, 6.45) is 0. The summed E-state index contributed by atoms with van der Waals surface area (Å²) in [6, 6.07) is 12.0. The molecule has 2 aromatic rings. The maximum absolute atomic E-state index is 12.0. The van der Waals surface area contributed by atoms with Gasteiger partial charge in [-0.3, -0.25) is 4.79 Å². The summed E-state index contributed by atoms with van der Waals surface area (Å²) in [6.45, 7) is 0.390. The molecule has 124 valence electrons. The quantitative estimate of drug-likeness (QED) is 0.892. The molecule has 0 saturated heterocycles. The van der Waals surface area contributed by atoms with Crippen molar-refractivity contribution in [2.45, 2.75) is 6.54 Å². The fourth-order valence-corrected chi connectivity index (χ4v) is 2.46. The molecule has 0 atom stereocenters. The Hall–Kier alpha value is -2.73. The number of urea groups is 1. The number of nitrogens with zero attached hydrogens (tertiary/aromatic N) is 1. The van der Waals surface area contributed by atoms with Crippen LogP contribution in [-0.4, -0.2) is 30.5 Å². The fourth-order valence-electron chi connectivity index (χ4n) is 2.34. The topological polar surface area (TPSA) is 70.7 Å². The third-order valence-corrected chi connectivity index (χ3v) is 3.82. The van der Waals surface area contributed by atoms with Gasteiger partial charge in [0.15, 0.2) is 6.61 Å². The van der Waals surface area contributed by atoms with Gasteiger partial charge in [0.2, 0.25) is 0 Å². The van der Waals surface area contributed by atoms with E-state index in [1.807, 2.05) is 6.07 Å². The zero-order chi connectivity index (χ0) is 17.1. The van der Waals surface area contributed by atoms with E-state index in [-0.39, 0.29) is 18.5 Å². The molecule has 0 fully saturated rings. The van der Waals surface area contributed by atoms with E-state index in [0.717, 1.165) is 11.3 Å². The van der Waals surface area contributed by atoms with Gasteiger partial charge in [-0.25, -0.2) is 4.79 Å². The van der Waals surface area contributed by atoms with Crippen LogP contribution in [0.4, 0.5) is 16.2 Å². The molecule has 1 heterocycles. The number of carbonyl (C=O) groups is 2. The van der Waals surface area contributed by atoms with Gasteiger partial charge in [-0.15, -0.1) is 0 Å². The molecule has 24 heavy (non-hydrogen) atoms.